The van der Waals surface area contributed by atoms with Gasteiger partial charge in [0.05, 0.1) is 18.4 Å². The molecule has 2 saturated heterocycles. The van der Waals surface area contributed by atoms with E-state index in [-0.39, 0.29) is 11.9 Å². The smallest absolute Gasteiger partial charge is 0.339 e. The van der Waals surface area contributed by atoms with Gasteiger partial charge < -0.3 is 15.0 Å². The molecule has 0 radical (unpaired) electrons. The van der Waals surface area contributed by atoms with Crippen molar-refractivity contribution in [2.75, 3.05) is 25.5 Å². The fourth-order valence-corrected chi connectivity index (χ4v) is 3.50. The Morgan fingerprint density at radius 2 is 2.24 bits per heavy atom. The fourth-order valence-electron chi connectivity index (χ4n) is 3.50. The SMILES string of the molecule is COC(=O)c1ccc(F)cc1NC1CCN2CCCC2C1. The molecule has 2 atom stereocenters. The van der Waals surface area contributed by atoms with Gasteiger partial charge in [0.2, 0.25) is 0 Å². The van der Waals surface area contributed by atoms with Crippen molar-refractivity contribution in [3.63, 3.8) is 0 Å². The minimum Gasteiger partial charge on any atom is -0.465 e. The van der Waals surface area contributed by atoms with E-state index in [0.717, 1.165) is 19.4 Å². The highest BCUT2D eigenvalue weighted by molar-refractivity contribution is 5.95. The molecule has 0 amide bonds. The number of rotatable bonds is 3. The van der Waals surface area contributed by atoms with Gasteiger partial charge in [-0.3, -0.25) is 0 Å². The molecule has 2 aliphatic rings. The third-order valence-corrected chi connectivity index (χ3v) is 4.57. The van der Waals surface area contributed by atoms with Crippen molar-refractivity contribution in [1.29, 1.82) is 0 Å². The van der Waals surface area contributed by atoms with Gasteiger partial charge in [-0.25, -0.2) is 9.18 Å². The molecule has 0 aliphatic carbocycles. The summed E-state index contributed by atoms with van der Waals surface area (Å²) in [4.78, 5) is 14.3. The minimum absolute atomic E-state index is 0.287. The second-order valence-corrected chi connectivity index (χ2v) is 5.88. The minimum atomic E-state index is -0.434. The highest BCUT2D eigenvalue weighted by Crippen LogP contribution is 2.29. The second-order valence-electron chi connectivity index (χ2n) is 5.88. The Morgan fingerprint density at radius 1 is 1.38 bits per heavy atom. The number of nitrogens with zero attached hydrogens (tertiary/aromatic N) is 1. The molecule has 1 aromatic rings. The standard InChI is InChI=1S/C16H21FN2O2/c1-21-16(20)14-5-4-11(17)9-15(14)18-12-6-8-19-7-2-3-13(19)10-12/h4-5,9,12-13,18H,2-3,6-8,10H2,1H3. The molecule has 4 nitrogen and oxygen atoms in total. The summed E-state index contributed by atoms with van der Waals surface area (Å²) in [5, 5.41) is 3.35. The molecule has 1 N–H and O–H groups in total. The molecule has 114 valence electrons. The van der Waals surface area contributed by atoms with Gasteiger partial charge in [-0.15, -0.1) is 0 Å². The van der Waals surface area contributed by atoms with E-state index in [0.29, 0.717) is 17.3 Å². The maximum absolute atomic E-state index is 13.5. The first-order chi connectivity index (χ1) is 10.2. The topological polar surface area (TPSA) is 41.6 Å². The van der Waals surface area contributed by atoms with Crippen LogP contribution in [0, 0.1) is 5.82 Å². The number of nitrogens with one attached hydrogen (secondary N) is 1. The van der Waals surface area contributed by atoms with Crippen LogP contribution in [0.3, 0.4) is 0 Å². The van der Waals surface area contributed by atoms with Crippen LogP contribution >= 0.6 is 0 Å². The predicted molar refractivity (Wildman–Crippen MR) is 79.0 cm³/mol. The summed E-state index contributed by atoms with van der Waals surface area (Å²) in [7, 11) is 1.34. The van der Waals surface area contributed by atoms with Gasteiger partial charge >= 0.3 is 5.97 Å². The number of piperidine rings is 1. The number of fused-ring (bicyclic) bond motifs is 1. The number of halogens is 1. The molecule has 5 heteroatoms. The lowest BCUT2D eigenvalue weighted by molar-refractivity contribution is 0.0601. The van der Waals surface area contributed by atoms with Crippen molar-refractivity contribution in [2.24, 2.45) is 0 Å². The molecule has 3 rings (SSSR count). The van der Waals surface area contributed by atoms with E-state index in [4.69, 9.17) is 4.74 Å². The molecule has 21 heavy (non-hydrogen) atoms. The Labute approximate surface area is 124 Å². The van der Waals surface area contributed by atoms with Gasteiger partial charge in [0.1, 0.15) is 5.82 Å². The van der Waals surface area contributed by atoms with Gasteiger partial charge in [0.25, 0.3) is 0 Å². The zero-order chi connectivity index (χ0) is 14.8. The number of hydrogen-bond acceptors (Lipinski definition) is 4. The maximum Gasteiger partial charge on any atom is 0.339 e. The number of carbonyl (C=O) groups is 1. The summed E-state index contributed by atoms with van der Waals surface area (Å²) < 4.78 is 18.2. The molecule has 2 heterocycles. The van der Waals surface area contributed by atoms with Crippen LogP contribution in [-0.2, 0) is 4.74 Å². The lowest BCUT2D eigenvalue weighted by Gasteiger charge is -2.35. The van der Waals surface area contributed by atoms with E-state index in [1.807, 2.05) is 0 Å². The molecule has 1 aromatic carbocycles. The molecule has 0 spiro atoms. The average molecular weight is 292 g/mol. The Balaban J connectivity index is 1.74. The van der Waals surface area contributed by atoms with Gasteiger partial charge in [-0.05, 0) is 50.4 Å². The third-order valence-electron chi connectivity index (χ3n) is 4.57. The van der Waals surface area contributed by atoms with Crippen molar-refractivity contribution < 1.29 is 13.9 Å². The Morgan fingerprint density at radius 3 is 3.05 bits per heavy atom. The monoisotopic (exact) mass is 292 g/mol. The molecular weight excluding hydrogens is 271 g/mol. The van der Waals surface area contributed by atoms with Crippen LogP contribution in [0.1, 0.15) is 36.0 Å². The quantitative estimate of drug-likeness (QED) is 0.870. The Hall–Kier alpha value is -1.62. The van der Waals surface area contributed by atoms with Crippen molar-refractivity contribution in [2.45, 2.75) is 37.8 Å². The van der Waals surface area contributed by atoms with Crippen LogP contribution in [0.2, 0.25) is 0 Å². The predicted octanol–water partition coefficient (Wildman–Crippen LogP) is 2.65. The van der Waals surface area contributed by atoms with Gasteiger partial charge in [0, 0.05) is 18.6 Å². The molecule has 0 saturated carbocycles. The van der Waals surface area contributed by atoms with Gasteiger partial charge in [-0.2, -0.15) is 0 Å². The highest BCUT2D eigenvalue weighted by Gasteiger charge is 2.32. The van der Waals surface area contributed by atoms with Crippen molar-refractivity contribution in [1.82, 2.24) is 4.90 Å². The van der Waals surface area contributed by atoms with E-state index in [1.54, 1.807) is 0 Å². The number of methoxy groups -OCH3 is 1. The van der Waals surface area contributed by atoms with Crippen LogP contribution in [-0.4, -0.2) is 43.2 Å². The van der Waals surface area contributed by atoms with Crippen LogP contribution in [0.4, 0.5) is 10.1 Å². The zero-order valence-electron chi connectivity index (χ0n) is 12.3. The van der Waals surface area contributed by atoms with Crippen LogP contribution < -0.4 is 5.32 Å². The number of anilines is 1. The first kappa shape index (κ1) is 14.3. The van der Waals surface area contributed by atoms with Crippen LogP contribution in [0.15, 0.2) is 18.2 Å². The molecule has 0 aromatic heterocycles. The summed E-state index contributed by atoms with van der Waals surface area (Å²) in [6, 6.07) is 5.07. The molecule has 2 aliphatic heterocycles. The lowest BCUT2D eigenvalue weighted by atomic mass is 9.97. The van der Waals surface area contributed by atoms with E-state index < -0.39 is 5.97 Å². The molecule has 2 fully saturated rings. The highest BCUT2D eigenvalue weighted by atomic mass is 19.1. The van der Waals surface area contributed by atoms with Gasteiger partial charge in [0.15, 0.2) is 0 Å². The normalized spacial score (nSPS) is 25.4. The summed E-state index contributed by atoms with van der Waals surface area (Å²) in [5.41, 5.74) is 0.936. The van der Waals surface area contributed by atoms with E-state index in [9.17, 15) is 9.18 Å². The summed E-state index contributed by atoms with van der Waals surface area (Å²) in [6.07, 6.45) is 4.58. The largest absolute Gasteiger partial charge is 0.465 e. The number of benzene rings is 1. The molecular formula is C16H21FN2O2. The summed E-state index contributed by atoms with van der Waals surface area (Å²) >= 11 is 0. The van der Waals surface area contributed by atoms with Crippen molar-refractivity contribution in [3.05, 3.63) is 29.6 Å². The number of carbonyl (C=O) groups excluding carboxylic acids is 1. The zero-order valence-corrected chi connectivity index (χ0v) is 12.3. The second kappa shape index (κ2) is 6.02. The van der Waals surface area contributed by atoms with Crippen LogP contribution in [0.5, 0.6) is 0 Å². The van der Waals surface area contributed by atoms with Gasteiger partial charge in [-0.1, -0.05) is 0 Å². The maximum atomic E-state index is 13.5. The average Bonchev–Trinajstić information content (AvgIpc) is 2.94. The molecule has 2 unspecified atom stereocenters. The number of hydrogen-bond donors (Lipinski definition) is 1. The van der Waals surface area contributed by atoms with E-state index >= 15 is 0 Å². The fraction of sp³-hybridized carbons (Fsp3) is 0.562. The number of esters is 1. The molecule has 0 bridgehead atoms. The first-order valence-electron chi connectivity index (χ1n) is 7.56. The van der Waals surface area contributed by atoms with Crippen LogP contribution in [0.25, 0.3) is 0 Å². The van der Waals surface area contributed by atoms with E-state index in [1.165, 1.54) is 44.7 Å². The summed E-state index contributed by atoms with van der Waals surface area (Å²) in [5.74, 6) is -0.778. The Bertz CT molecular complexity index is 535. The number of ether oxygens (including phenoxy) is 1. The lowest BCUT2D eigenvalue weighted by Crippen LogP contribution is -2.42. The first-order valence-corrected chi connectivity index (χ1v) is 7.56. The van der Waals surface area contributed by atoms with Crippen molar-refractivity contribution >= 4 is 11.7 Å². The third kappa shape index (κ3) is 3.02. The van der Waals surface area contributed by atoms with E-state index in [2.05, 4.69) is 10.2 Å². The Kier molecular flexibility index (Phi) is 4.10. The summed E-state index contributed by atoms with van der Waals surface area (Å²) in [6.45, 7) is 2.27. The van der Waals surface area contributed by atoms with Crippen molar-refractivity contribution in [3.8, 4) is 0 Å².